The molecule has 3 rings (SSSR count). The van der Waals surface area contributed by atoms with Gasteiger partial charge in [0.1, 0.15) is 6.04 Å². The predicted octanol–water partition coefficient (Wildman–Crippen LogP) is 0.684. The highest BCUT2D eigenvalue weighted by atomic mass is 32.1. The summed E-state index contributed by atoms with van der Waals surface area (Å²) in [6.45, 7) is 0.0356. The van der Waals surface area contributed by atoms with Gasteiger partial charge < -0.3 is 15.1 Å². The van der Waals surface area contributed by atoms with Crippen molar-refractivity contribution in [3.05, 3.63) is 10.6 Å². The van der Waals surface area contributed by atoms with Gasteiger partial charge in [-0.25, -0.2) is 14.6 Å². The molecule has 2 heterocycles. The molecule has 20 heavy (non-hydrogen) atoms. The number of carboxylic acids is 1. The number of rotatable bonds is 2. The number of nitrogens with zero attached hydrogens (tertiary/aromatic N) is 2. The number of nitrogens with one attached hydrogen (secondary N) is 1. The van der Waals surface area contributed by atoms with Gasteiger partial charge >= 0.3 is 12.0 Å². The van der Waals surface area contributed by atoms with E-state index in [0.29, 0.717) is 5.13 Å². The number of fused-ring (bicyclic) bond motifs is 1. The second-order valence-electron chi connectivity index (χ2n) is 5.07. The van der Waals surface area contributed by atoms with Gasteiger partial charge in [0.25, 0.3) is 0 Å². The molecule has 2 amide bonds. The highest BCUT2D eigenvalue weighted by Gasteiger charge is 2.39. The summed E-state index contributed by atoms with van der Waals surface area (Å²) < 4.78 is 0. The van der Waals surface area contributed by atoms with E-state index in [0.717, 1.165) is 29.9 Å². The summed E-state index contributed by atoms with van der Waals surface area (Å²) in [5.41, 5.74) is 1.03. The lowest BCUT2D eigenvalue weighted by atomic mass is 10.2. The lowest BCUT2D eigenvalue weighted by Gasteiger charge is -2.20. The molecule has 2 atom stereocenters. The summed E-state index contributed by atoms with van der Waals surface area (Å²) in [4.78, 5) is 29.9. The summed E-state index contributed by atoms with van der Waals surface area (Å²) in [5, 5.41) is 21.7. The van der Waals surface area contributed by atoms with E-state index in [9.17, 15) is 14.7 Å². The molecule has 1 aliphatic carbocycles. The molecule has 0 aromatic carbocycles. The fraction of sp³-hybridized carbons (Fsp3) is 0.583. The number of thiazole rings is 1. The molecule has 0 unspecified atom stereocenters. The summed E-state index contributed by atoms with van der Waals surface area (Å²) in [6, 6.07) is -1.49. The Labute approximate surface area is 119 Å². The first-order valence-corrected chi connectivity index (χ1v) is 7.33. The summed E-state index contributed by atoms with van der Waals surface area (Å²) >= 11 is 1.44. The van der Waals surface area contributed by atoms with Crippen molar-refractivity contribution in [3.63, 3.8) is 0 Å². The van der Waals surface area contributed by atoms with Crippen LogP contribution in [0.5, 0.6) is 0 Å². The number of β-amino-alcohol motifs (C(OH)–C–C–N with tert-alkyl or cyclic N) is 1. The van der Waals surface area contributed by atoms with E-state index in [4.69, 9.17) is 5.11 Å². The Kier molecular flexibility index (Phi) is 3.35. The van der Waals surface area contributed by atoms with Crippen LogP contribution in [-0.2, 0) is 17.6 Å². The molecule has 0 bridgehead atoms. The highest BCUT2D eigenvalue weighted by molar-refractivity contribution is 7.15. The number of aliphatic carboxylic acids is 1. The molecule has 1 fully saturated rings. The average Bonchev–Trinajstić information content (AvgIpc) is 3.02. The molecule has 2 aliphatic rings. The van der Waals surface area contributed by atoms with Crippen molar-refractivity contribution < 1.29 is 19.8 Å². The van der Waals surface area contributed by atoms with E-state index in [1.54, 1.807) is 0 Å². The number of carboxylic acid groups (broad SMARTS) is 1. The molecule has 1 aliphatic heterocycles. The van der Waals surface area contributed by atoms with Gasteiger partial charge in [0.2, 0.25) is 0 Å². The van der Waals surface area contributed by atoms with Crippen LogP contribution in [0.15, 0.2) is 0 Å². The number of likely N-dealkylation sites (tertiary alicyclic amines) is 1. The Morgan fingerprint density at radius 2 is 2.20 bits per heavy atom. The van der Waals surface area contributed by atoms with Crippen LogP contribution < -0.4 is 5.32 Å². The van der Waals surface area contributed by atoms with E-state index in [1.807, 2.05) is 0 Å². The third kappa shape index (κ3) is 2.36. The van der Waals surface area contributed by atoms with Crippen molar-refractivity contribution in [1.82, 2.24) is 9.88 Å². The Hall–Kier alpha value is -1.67. The predicted molar refractivity (Wildman–Crippen MR) is 71.9 cm³/mol. The SMILES string of the molecule is O=C(O)[C@@H]1C[C@@H](O)CN1C(=O)Nc1nc2c(s1)CCC2. The number of hydrogen-bond acceptors (Lipinski definition) is 5. The number of aromatic nitrogens is 1. The Morgan fingerprint density at radius 3 is 2.90 bits per heavy atom. The minimum absolute atomic E-state index is 0.0356. The van der Waals surface area contributed by atoms with Crippen molar-refractivity contribution >= 4 is 28.5 Å². The molecular formula is C12H15N3O4S. The van der Waals surface area contributed by atoms with E-state index < -0.39 is 24.1 Å². The van der Waals surface area contributed by atoms with Crippen molar-refractivity contribution in [2.45, 2.75) is 37.8 Å². The van der Waals surface area contributed by atoms with Crippen LogP contribution in [0.2, 0.25) is 0 Å². The van der Waals surface area contributed by atoms with Gasteiger partial charge in [-0.3, -0.25) is 5.32 Å². The molecule has 7 nitrogen and oxygen atoms in total. The molecule has 8 heteroatoms. The van der Waals surface area contributed by atoms with Crippen LogP contribution >= 0.6 is 11.3 Å². The van der Waals surface area contributed by atoms with Gasteiger partial charge in [0.05, 0.1) is 11.8 Å². The maximum atomic E-state index is 12.1. The molecule has 1 aromatic rings. The van der Waals surface area contributed by atoms with E-state index in [-0.39, 0.29) is 13.0 Å². The smallest absolute Gasteiger partial charge is 0.326 e. The molecule has 1 aromatic heterocycles. The van der Waals surface area contributed by atoms with E-state index >= 15 is 0 Å². The number of anilines is 1. The minimum Gasteiger partial charge on any atom is -0.480 e. The van der Waals surface area contributed by atoms with Gasteiger partial charge in [0, 0.05) is 17.8 Å². The number of carbonyl (C=O) groups excluding carboxylic acids is 1. The lowest BCUT2D eigenvalue weighted by Crippen LogP contribution is -2.43. The zero-order valence-electron chi connectivity index (χ0n) is 10.7. The van der Waals surface area contributed by atoms with Crippen LogP contribution in [0, 0.1) is 0 Å². The molecule has 1 saturated heterocycles. The number of aryl methyl sites for hydroxylation is 2. The third-order valence-electron chi connectivity index (χ3n) is 3.63. The maximum Gasteiger partial charge on any atom is 0.326 e. The molecule has 108 valence electrons. The van der Waals surface area contributed by atoms with Gasteiger partial charge in [-0.15, -0.1) is 11.3 Å². The summed E-state index contributed by atoms with van der Waals surface area (Å²) in [6.07, 6.45) is 2.30. The highest BCUT2D eigenvalue weighted by Crippen LogP contribution is 2.31. The van der Waals surface area contributed by atoms with Gasteiger partial charge in [-0.2, -0.15) is 0 Å². The summed E-state index contributed by atoms with van der Waals surface area (Å²) in [5.74, 6) is -1.10. The van der Waals surface area contributed by atoms with Gasteiger partial charge in [-0.05, 0) is 19.3 Å². The second-order valence-corrected chi connectivity index (χ2v) is 6.15. The monoisotopic (exact) mass is 297 g/mol. The first-order valence-electron chi connectivity index (χ1n) is 6.51. The van der Waals surface area contributed by atoms with E-state index in [2.05, 4.69) is 10.3 Å². The van der Waals surface area contributed by atoms with Crippen molar-refractivity contribution in [3.8, 4) is 0 Å². The first-order chi connectivity index (χ1) is 9.54. The molecule has 0 spiro atoms. The third-order valence-corrected chi connectivity index (χ3v) is 4.71. The number of aliphatic hydroxyl groups excluding tert-OH is 1. The Balaban J connectivity index is 1.70. The van der Waals surface area contributed by atoms with Crippen LogP contribution in [-0.4, -0.2) is 50.8 Å². The van der Waals surface area contributed by atoms with Crippen LogP contribution in [0.1, 0.15) is 23.4 Å². The van der Waals surface area contributed by atoms with Crippen LogP contribution in [0.25, 0.3) is 0 Å². The normalized spacial score (nSPS) is 24.8. The number of amides is 2. The van der Waals surface area contributed by atoms with Crippen LogP contribution in [0.3, 0.4) is 0 Å². The number of aliphatic hydroxyl groups is 1. The van der Waals surface area contributed by atoms with Crippen molar-refractivity contribution in [2.75, 3.05) is 11.9 Å². The zero-order valence-corrected chi connectivity index (χ0v) is 11.5. The fourth-order valence-corrected chi connectivity index (χ4v) is 3.72. The van der Waals surface area contributed by atoms with Gasteiger partial charge in [0.15, 0.2) is 5.13 Å². The largest absolute Gasteiger partial charge is 0.480 e. The quantitative estimate of drug-likeness (QED) is 0.745. The second kappa shape index (κ2) is 5.02. The first kappa shape index (κ1) is 13.3. The van der Waals surface area contributed by atoms with E-state index in [1.165, 1.54) is 16.2 Å². The minimum atomic E-state index is -1.10. The number of carbonyl (C=O) groups is 2. The fourth-order valence-electron chi connectivity index (χ4n) is 2.68. The molecule has 3 N–H and O–H groups in total. The standard InChI is InChI=1S/C12H15N3O4S/c16-6-4-8(10(17)18)15(5-6)12(19)14-11-13-7-2-1-3-9(7)20-11/h6,8,16H,1-5H2,(H,17,18)(H,13,14,19)/t6-,8+/m1/s1. The summed E-state index contributed by atoms with van der Waals surface area (Å²) in [7, 11) is 0. The maximum absolute atomic E-state index is 12.1. The van der Waals surface area contributed by atoms with Crippen LogP contribution in [0.4, 0.5) is 9.93 Å². The molecular weight excluding hydrogens is 282 g/mol. The number of hydrogen-bond donors (Lipinski definition) is 3. The molecule has 0 saturated carbocycles. The number of urea groups is 1. The molecule has 0 radical (unpaired) electrons. The topological polar surface area (TPSA) is 103 Å². The lowest BCUT2D eigenvalue weighted by molar-refractivity contribution is -0.141. The van der Waals surface area contributed by atoms with Crippen molar-refractivity contribution in [1.29, 1.82) is 0 Å². The average molecular weight is 297 g/mol. The zero-order chi connectivity index (χ0) is 14.3. The Morgan fingerprint density at radius 1 is 1.40 bits per heavy atom. The Bertz CT molecular complexity index is 537. The van der Waals surface area contributed by atoms with Gasteiger partial charge in [-0.1, -0.05) is 0 Å². The van der Waals surface area contributed by atoms with Crippen molar-refractivity contribution in [2.24, 2.45) is 0 Å².